The van der Waals surface area contributed by atoms with Gasteiger partial charge in [0.25, 0.3) is 0 Å². The van der Waals surface area contributed by atoms with Crippen LogP contribution in [-0.2, 0) is 23.3 Å². The second-order valence-corrected chi connectivity index (χ2v) is 11.5. The molecule has 2 aliphatic carbocycles. The third kappa shape index (κ3) is 7.00. The predicted molar refractivity (Wildman–Crippen MR) is 147 cm³/mol. The van der Waals surface area contributed by atoms with Crippen molar-refractivity contribution in [2.24, 2.45) is 4.36 Å². The van der Waals surface area contributed by atoms with Gasteiger partial charge < -0.3 is 9.46 Å². The number of alkyl halides is 3. The lowest BCUT2D eigenvalue weighted by atomic mass is 9.81. The summed E-state index contributed by atoms with van der Waals surface area (Å²) in [6.45, 7) is 0. The first-order valence-electron chi connectivity index (χ1n) is 13.2. The van der Waals surface area contributed by atoms with Gasteiger partial charge in [-0.25, -0.2) is 8.78 Å². The molecule has 218 valence electrons. The molecule has 1 saturated carbocycles. The minimum absolute atomic E-state index is 0.0414. The first-order valence-corrected chi connectivity index (χ1v) is 15.1. The molecule has 2 aliphatic rings. The first kappa shape index (κ1) is 29.3. The molecule has 1 fully saturated rings. The van der Waals surface area contributed by atoms with Gasteiger partial charge in [-0.05, 0) is 74.4 Å². The van der Waals surface area contributed by atoms with E-state index in [0.29, 0.717) is 30.2 Å². The molecule has 0 spiro atoms. The molecule has 1 heterocycles. The topological polar surface area (TPSA) is 80.7 Å². The fourth-order valence-electron chi connectivity index (χ4n) is 5.54. The van der Waals surface area contributed by atoms with Gasteiger partial charge in [-0.3, -0.25) is 4.98 Å². The Labute approximate surface area is 239 Å². The fourth-order valence-corrected chi connectivity index (χ4v) is 6.23. The summed E-state index contributed by atoms with van der Waals surface area (Å²) < 4.78 is 103. The molecule has 5 rings (SSSR count). The third-order valence-corrected chi connectivity index (χ3v) is 8.18. The molecule has 41 heavy (non-hydrogen) atoms. The van der Waals surface area contributed by atoms with Crippen molar-refractivity contribution in [1.29, 1.82) is 0 Å². The Hall–Kier alpha value is -3.19. The number of nitrogens with one attached hydrogen (secondary N) is 1. The number of pyridine rings is 1. The zero-order valence-corrected chi connectivity index (χ0v) is 23.4. The highest BCUT2D eigenvalue weighted by Crippen LogP contribution is 2.49. The van der Waals surface area contributed by atoms with Crippen LogP contribution in [0.2, 0.25) is 0 Å². The van der Waals surface area contributed by atoms with Crippen molar-refractivity contribution in [2.45, 2.75) is 69.2 Å². The van der Waals surface area contributed by atoms with E-state index in [2.05, 4.69) is 9.08 Å². The van der Waals surface area contributed by atoms with Gasteiger partial charge in [-0.2, -0.15) is 21.6 Å². The van der Waals surface area contributed by atoms with Gasteiger partial charge in [0, 0.05) is 34.5 Å². The summed E-state index contributed by atoms with van der Waals surface area (Å²) >= 11 is -0.453. The van der Waals surface area contributed by atoms with Crippen molar-refractivity contribution in [2.75, 3.05) is 4.72 Å². The molecule has 3 aromatic rings. The summed E-state index contributed by atoms with van der Waals surface area (Å²) in [5.41, 5.74) is -1.74. The summed E-state index contributed by atoms with van der Waals surface area (Å²) in [4.78, 5) is 4.93. The van der Waals surface area contributed by atoms with Crippen molar-refractivity contribution in [3.8, 4) is 22.6 Å². The number of nitrogens with zero attached hydrogens (tertiary/aromatic N) is 2. The number of benzene rings is 2. The molecule has 0 atom stereocenters. The van der Waals surface area contributed by atoms with Crippen LogP contribution in [-0.4, -0.2) is 18.9 Å². The van der Waals surface area contributed by atoms with Crippen molar-refractivity contribution >= 4 is 33.8 Å². The monoisotopic (exact) mass is 611 g/mol. The molecular weight excluding hydrogens is 585 g/mol. The standard InChI is InChI=1S/C28H26F5N3O3S2/c29-17-10-12-24(21(30)14-17)39-23-13-11-18(35-40-28(31,32)33)15-20(23)25-19-8-4-5-9-22(19)34-26(27(25)36-41(37)38)16-6-2-1-3-7-16/h10-16,35H,1-9H2. The highest BCUT2D eigenvalue weighted by Gasteiger charge is 2.31. The Morgan fingerprint density at radius 3 is 2.39 bits per heavy atom. The summed E-state index contributed by atoms with van der Waals surface area (Å²) in [5.74, 6) is -2.09. The van der Waals surface area contributed by atoms with Crippen LogP contribution in [0, 0.1) is 11.6 Å². The minimum Gasteiger partial charge on any atom is -0.454 e. The van der Waals surface area contributed by atoms with Crippen LogP contribution in [0.25, 0.3) is 11.1 Å². The van der Waals surface area contributed by atoms with Gasteiger partial charge in [0.2, 0.25) is 0 Å². The van der Waals surface area contributed by atoms with E-state index in [0.717, 1.165) is 68.3 Å². The van der Waals surface area contributed by atoms with Crippen molar-refractivity contribution in [3.63, 3.8) is 0 Å². The zero-order valence-electron chi connectivity index (χ0n) is 21.7. The summed E-state index contributed by atoms with van der Waals surface area (Å²) in [7, 11) is -2.86. The number of anilines is 1. The van der Waals surface area contributed by atoms with Crippen LogP contribution in [0.1, 0.15) is 67.8 Å². The van der Waals surface area contributed by atoms with E-state index in [-0.39, 0.29) is 34.4 Å². The number of hydrogen-bond acceptors (Lipinski definition) is 7. The highest BCUT2D eigenvalue weighted by molar-refractivity contribution is 8.01. The van der Waals surface area contributed by atoms with E-state index < -0.39 is 39.6 Å². The number of fused-ring (bicyclic) bond motifs is 1. The van der Waals surface area contributed by atoms with Gasteiger partial charge in [0.15, 0.2) is 11.6 Å². The van der Waals surface area contributed by atoms with Crippen LogP contribution in [0.3, 0.4) is 0 Å². The molecule has 13 heteroatoms. The smallest absolute Gasteiger partial charge is 0.454 e. The van der Waals surface area contributed by atoms with Crippen LogP contribution in [0.4, 0.5) is 33.3 Å². The number of halogens is 5. The van der Waals surface area contributed by atoms with Crippen molar-refractivity contribution in [1.82, 2.24) is 4.98 Å². The maximum Gasteiger partial charge on any atom is 0.461 e. The maximum atomic E-state index is 14.6. The summed E-state index contributed by atoms with van der Waals surface area (Å²) in [5, 5.41) is 0. The Morgan fingerprint density at radius 1 is 0.951 bits per heavy atom. The van der Waals surface area contributed by atoms with Gasteiger partial charge in [-0.15, -0.1) is 4.36 Å². The van der Waals surface area contributed by atoms with Gasteiger partial charge in [0.1, 0.15) is 17.3 Å². The third-order valence-electron chi connectivity index (χ3n) is 7.28. The van der Waals surface area contributed by atoms with E-state index >= 15 is 0 Å². The number of ether oxygens (including phenoxy) is 1. The fraction of sp³-hybridized carbons (Fsp3) is 0.393. The van der Waals surface area contributed by atoms with Crippen LogP contribution < -0.4 is 9.46 Å². The van der Waals surface area contributed by atoms with Gasteiger partial charge in [-0.1, -0.05) is 19.3 Å². The molecule has 0 unspecified atom stereocenters. The molecular formula is C28H26F5N3O3S2. The first-order chi connectivity index (χ1) is 19.6. The van der Waals surface area contributed by atoms with E-state index in [1.54, 1.807) is 0 Å². The van der Waals surface area contributed by atoms with Gasteiger partial charge >= 0.3 is 16.0 Å². The van der Waals surface area contributed by atoms with Crippen LogP contribution in [0.5, 0.6) is 11.5 Å². The number of rotatable bonds is 7. The van der Waals surface area contributed by atoms with Gasteiger partial charge in [0.05, 0.1) is 17.6 Å². The van der Waals surface area contributed by atoms with E-state index in [4.69, 9.17) is 9.72 Å². The minimum atomic E-state index is -4.57. The van der Waals surface area contributed by atoms with E-state index in [1.807, 2.05) is 0 Å². The predicted octanol–water partition coefficient (Wildman–Crippen LogP) is 9.02. The SMILES string of the molecule is O=S(=O)=Nc1c(C2CCCCC2)nc2c(c1-c1cc(NSC(F)(F)F)ccc1Oc1ccc(F)cc1F)CCCC2. The Morgan fingerprint density at radius 2 is 1.68 bits per heavy atom. The molecule has 1 aromatic heterocycles. The summed E-state index contributed by atoms with van der Waals surface area (Å²) in [6.07, 6.45) is 7.40. The van der Waals surface area contributed by atoms with Crippen molar-refractivity contribution in [3.05, 3.63) is 65.0 Å². The average Bonchev–Trinajstić information content (AvgIpc) is 2.93. The van der Waals surface area contributed by atoms with E-state index in [1.165, 1.54) is 18.2 Å². The lowest BCUT2D eigenvalue weighted by Crippen LogP contribution is -2.14. The van der Waals surface area contributed by atoms with Crippen LogP contribution in [0.15, 0.2) is 40.8 Å². The highest BCUT2D eigenvalue weighted by atomic mass is 32.2. The summed E-state index contributed by atoms with van der Waals surface area (Å²) in [6, 6.07) is 6.87. The molecule has 0 bridgehead atoms. The largest absolute Gasteiger partial charge is 0.461 e. The normalized spacial score (nSPS) is 15.7. The second-order valence-electron chi connectivity index (χ2n) is 10.0. The molecule has 0 aliphatic heterocycles. The Balaban J connectivity index is 1.77. The number of aryl methyl sites for hydroxylation is 1. The molecule has 6 nitrogen and oxygen atoms in total. The maximum absolute atomic E-state index is 14.6. The molecule has 2 aromatic carbocycles. The Bertz CT molecular complexity index is 1580. The van der Waals surface area contributed by atoms with Crippen LogP contribution >= 0.6 is 11.9 Å². The molecule has 0 amide bonds. The molecule has 0 saturated heterocycles. The lowest BCUT2D eigenvalue weighted by Gasteiger charge is -2.28. The lowest BCUT2D eigenvalue weighted by molar-refractivity contribution is -0.0323. The molecule has 1 N–H and O–H groups in total. The number of hydrogen-bond donors (Lipinski definition) is 1. The van der Waals surface area contributed by atoms with E-state index in [9.17, 15) is 30.4 Å². The Kier molecular flexibility index (Phi) is 8.83. The molecule has 0 radical (unpaired) electrons. The zero-order chi connectivity index (χ0) is 29.1. The number of aromatic nitrogens is 1. The quantitative estimate of drug-likeness (QED) is 0.212. The average molecular weight is 612 g/mol. The second kappa shape index (κ2) is 12.4. The van der Waals surface area contributed by atoms with Crippen molar-refractivity contribution < 1.29 is 35.1 Å².